The number of carbonyl (C=O) groups excluding carboxylic acids is 1. The molecule has 1 aliphatic heterocycles. The molecule has 0 aliphatic carbocycles. The van der Waals surface area contributed by atoms with Gasteiger partial charge in [0, 0.05) is 62.3 Å². The number of pyridine rings is 2. The lowest BCUT2D eigenvalue weighted by molar-refractivity contribution is 0.0628. The number of hydrogen-bond acceptors (Lipinski definition) is 7. The normalized spacial score (nSPS) is 14.5. The molecule has 10 heteroatoms. The Kier molecular flexibility index (Phi) is 7.02. The van der Waals surface area contributed by atoms with Crippen molar-refractivity contribution in [2.75, 3.05) is 38.0 Å². The largest absolute Gasteiger partial charge is 0.495 e. The molecule has 9 nitrogen and oxygen atoms in total. The van der Waals surface area contributed by atoms with Crippen LogP contribution in [0.3, 0.4) is 0 Å². The molecule has 1 amide bonds. The molecule has 190 valence electrons. The molecule has 2 aromatic heterocycles. The number of para-hydroxylation sites is 1. The highest BCUT2D eigenvalue weighted by molar-refractivity contribution is 7.93. The van der Waals surface area contributed by atoms with Gasteiger partial charge in [-0.2, -0.15) is 0 Å². The van der Waals surface area contributed by atoms with Crippen LogP contribution in [-0.2, 0) is 16.6 Å². The van der Waals surface area contributed by atoms with Gasteiger partial charge in [0.15, 0.2) is 0 Å². The summed E-state index contributed by atoms with van der Waals surface area (Å²) in [6.45, 7) is 3.52. The van der Waals surface area contributed by atoms with Gasteiger partial charge in [-0.1, -0.05) is 24.3 Å². The summed E-state index contributed by atoms with van der Waals surface area (Å²) >= 11 is 0. The molecule has 1 saturated heterocycles. The van der Waals surface area contributed by atoms with E-state index in [2.05, 4.69) is 19.6 Å². The zero-order valence-corrected chi connectivity index (χ0v) is 21.2. The number of sulfonamides is 1. The van der Waals surface area contributed by atoms with Crippen molar-refractivity contribution in [3.05, 3.63) is 90.4 Å². The van der Waals surface area contributed by atoms with E-state index in [9.17, 15) is 13.2 Å². The van der Waals surface area contributed by atoms with Crippen LogP contribution in [0.2, 0.25) is 0 Å². The van der Waals surface area contributed by atoms with Crippen LogP contribution in [0.1, 0.15) is 15.9 Å². The smallest absolute Gasteiger partial charge is 0.264 e. The Labute approximate surface area is 215 Å². The summed E-state index contributed by atoms with van der Waals surface area (Å²) in [7, 11) is -2.51. The first-order valence-corrected chi connectivity index (χ1v) is 13.4. The molecule has 37 heavy (non-hydrogen) atoms. The Hall–Kier alpha value is -4.02. The minimum absolute atomic E-state index is 0.0666. The fourth-order valence-corrected chi connectivity index (χ4v) is 5.69. The lowest BCUT2D eigenvalue weighted by atomic mass is 10.1. The lowest BCUT2D eigenvalue weighted by Gasteiger charge is -2.34. The Balaban J connectivity index is 1.29. The Morgan fingerprint density at radius 3 is 2.54 bits per heavy atom. The number of methoxy groups -OCH3 is 1. The topological polar surface area (TPSA) is 105 Å². The maximum atomic E-state index is 13.2. The Bertz CT molecular complexity index is 1520. The number of nitrogens with one attached hydrogen (secondary N) is 1. The van der Waals surface area contributed by atoms with Gasteiger partial charge < -0.3 is 9.64 Å². The second-order valence-corrected chi connectivity index (χ2v) is 10.4. The SMILES string of the molecule is COc1cc(C(=O)N2CCN(Cc3cccnc3)CC2)ccc1NS(=O)(=O)c1cccc2cccnc12. The molecular formula is C27H27N5O4S. The van der Waals surface area contributed by atoms with Gasteiger partial charge in [0.2, 0.25) is 0 Å². The van der Waals surface area contributed by atoms with Crippen molar-refractivity contribution in [3.8, 4) is 5.75 Å². The van der Waals surface area contributed by atoms with E-state index in [1.807, 2.05) is 18.3 Å². The number of fused-ring (bicyclic) bond motifs is 1. The van der Waals surface area contributed by atoms with Gasteiger partial charge in [-0.25, -0.2) is 8.42 Å². The number of rotatable bonds is 7. The average Bonchev–Trinajstić information content (AvgIpc) is 2.93. The van der Waals surface area contributed by atoms with E-state index in [4.69, 9.17) is 4.74 Å². The number of aromatic nitrogens is 2. The monoisotopic (exact) mass is 517 g/mol. The molecule has 0 radical (unpaired) electrons. The number of piperazine rings is 1. The van der Waals surface area contributed by atoms with Crippen molar-refractivity contribution in [2.45, 2.75) is 11.4 Å². The standard InChI is InChI=1S/C27H27N5O4S/c1-36-24-17-22(27(33)32-15-13-31(14-16-32)19-20-5-3-11-28-18-20)9-10-23(24)30-37(34,35)25-8-2-6-21-7-4-12-29-26(21)25/h2-12,17-18,30H,13-16,19H2,1H3. The molecule has 4 aromatic rings. The number of ether oxygens (including phenoxy) is 1. The van der Waals surface area contributed by atoms with Gasteiger partial charge in [-0.3, -0.25) is 24.4 Å². The molecule has 2 aromatic carbocycles. The van der Waals surface area contributed by atoms with E-state index in [-0.39, 0.29) is 22.2 Å². The van der Waals surface area contributed by atoms with Crippen molar-refractivity contribution in [1.82, 2.24) is 19.8 Å². The number of nitrogens with zero attached hydrogens (tertiary/aromatic N) is 4. The number of amides is 1. The zero-order valence-electron chi connectivity index (χ0n) is 20.4. The van der Waals surface area contributed by atoms with Crippen LogP contribution < -0.4 is 9.46 Å². The molecule has 1 N–H and O–H groups in total. The lowest BCUT2D eigenvalue weighted by Crippen LogP contribution is -2.48. The zero-order chi connectivity index (χ0) is 25.8. The van der Waals surface area contributed by atoms with Crippen molar-refractivity contribution >= 4 is 32.5 Å². The third-order valence-electron chi connectivity index (χ3n) is 6.37. The van der Waals surface area contributed by atoms with Gasteiger partial charge in [0.05, 0.1) is 18.3 Å². The highest BCUT2D eigenvalue weighted by atomic mass is 32.2. The molecule has 3 heterocycles. The van der Waals surface area contributed by atoms with E-state index >= 15 is 0 Å². The first kappa shape index (κ1) is 24.7. The highest BCUT2D eigenvalue weighted by Gasteiger charge is 2.24. The van der Waals surface area contributed by atoms with Gasteiger partial charge in [0.25, 0.3) is 15.9 Å². The summed E-state index contributed by atoms with van der Waals surface area (Å²) in [6, 6.07) is 17.3. The summed E-state index contributed by atoms with van der Waals surface area (Å²) in [5.74, 6) is 0.143. The number of benzene rings is 2. The summed E-state index contributed by atoms with van der Waals surface area (Å²) < 4.78 is 34.5. The molecule has 0 saturated carbocycles. The first-order valence-electron chi connectivity index (χ1n) is 11.9. The van der Waals surface area contributed by atoms with Crippen molar-refractivity contribution in [2.24, 2.45) is 0 Å². The third kappa shape index (κ3) is 5.40. The van der Waals surface area contributed by atoms with E-state index in [0.717, 1.165) is 30.6 Å². The van der Waals surface area contributed by atoms with Crippen molar-refractivity contribution < 1.29 is 17.9 Å². The van der Waals surface area contributed by atoms with Crippen LogP contribution in [-0.4, -0.2) is 67.4 Å². The molecule has 1 fully saturated rings. The van der Waals surface area contributed by atoms with Crippen LogP contribution in [0.15, 0.2) is 84.1 Å². The summed E-state index contributed by atoms with van der Waals surface area (Å²) in [4.78, 5) is 25.8. The van der Waals surface area contributed by atoms with Crippen LogP contribution in [0.25, 0.3) is 10.9 Å². The first-order chi connectivity index (χ1) is 17.9. The Morgan fingerprint density at radius 1 is 1.00 bits per heavy atom. The number of hydrogen-bond donors (Lipinski definition) is 1. The van der Waals surface area contributed by atoms with Gasteiger partial charge in [0.1, 0.15) is 10.6 Å². The molecule has 1 aliphatic rings. The second-order valence-electron chi connectivity index (χ2n) is 8.78. The van der Waals surface area contributed by atoms with Gasteiger partial charge in [-0.15, -0.1) is 0 Å². The highest BCUT2D eigenvalue weighted by Crippen LogP contribution is 2.30. The van der Waals surface area contributed by atoms with Gasteiger partial charge >= 0.3 is 0 Å². The third-order valence-corrected chi connectivity index (χ3v) is 7.76. The summed E-state index contributed by atoms with van der Waals surface area (Å²) in [5.41, 5.74) is 2.20. The average molecular weight is 518 g/mol. The van der Waals surface area contributed by atoms with Crippen molar-refractivity contribution in [3.63, 3.8) is 0 Å². The number of anilines is 1. The molecule has 5 rings (SSSR count). The Morgan fingerprint density at radius 2 is 1.78 bits per heavy atom. The van der Waals surface area contributed by atoms with E-state index in [0.29, 0.717) is 24.2 Å². The van der Waals surface area contributed by atoms with Crippen molar-refractivity contribution in [1.29, 1.82) is 0 Å². The maximum Gasteiger partial charge on any atom is 0.264 e. The van der Waals surface area contributed by atoms with Gasteiger partial charge in [-0.05, 0) is 42.0 Å². The maximum absolute atomic E-state index is 13.2. The molecular weight excluding hydrogens is 490 g/mol. The van der Waals surface area contributed by atoms with E-state index in [1.165, 1.54) is 13.2 Å². The minimum Gasteiger partial charge on any atom is -0.495 e. The predicted molar refractivity (Wildman–Crippen MR) is 141 cm³/mol. The molecule has 0 spiro atoms. The van der Waals surface area contributed by atoms with Crippen LogP contribution in [0.4, 0.5) is 5.69 Å². The quantitative estimate of drug-likeness (QED) is 0.401. The minimum atomic E-state index is -3.96. The van der Waals surface area contributed by atoms with Crippen LogP contribution in [0.5, 0.6) is 5.75 Å². The van der Waals surface area contributed by atoms with E-state index < -0.39 is 10.0 Å². The molecule has 0 unspecified atom stereocenters. The van der Waals surface area contributed by atoms with Crippen LogP contribution >= 0.6 is 0 Å². The predicted octanol–water partition coefficient (Wildman–Crippen LogP) is 3.40. The van der Waals surface area contributed by atoms with Crippen LogP contribution in [0, 0.1) is 0 Å². The fourth-order valence-electron chi connectivity index (χ4n) is 4.44. The fraction of sp³-hybridized carbons (Fsp3) is 0.222. The molecule has 0 atom stereocenters. The molecule has 0 bridgehead atoms. The second kappa shape index (κ2) is 10.5. The summed E-state index contributed by atoms with van der Waals surface area (Å²) in [6.07, 6.45) is 5.17. The number of carbonyl (C=O) groups is 1. The van der Waals surface area contributed by atoms with E-state index in [1.54, 1.807) is 59.8 Å². The summed E-state index contributed by atoms with van der Waals surface area (Å²) in [5, 5.41) is 0.721.